The highest BCUT2D eigenvalue weighted by Gasteiger charge is 2.33. The van der Waals surface area contributed by atoms with Gasteiger partial charge in [-0.05, 0) is 48.8 Å². The number of hydrogen-bond donors (Lipinski definition) is 0. The summed E-state index contributed by atoms with van der Waals surface area (Å²) in [5.74, 6) is 0.682. The summed E-state index contributed by atoms with van der Waals surface area (Å²) in [4.78, 5) is 34.0. The maximum absolute atomic E-state index is 13.2. The lowest BCUT2D eigenvalue weighted by Gasteiger charge is -2.40. The summed E-state index contributed by atoms with van der Waals surface area (Å²) in [5, 5.41) is 12.7. The SMILES string of the molecule is CN1CCC[C@H]1COc1nc(N2CCN(C(=O)OCc3ccccc3)[C@@H](CC#N)C2)c2cnc(-c3cccc4ccccc34)cc2n1. The predicted molar refractivity (Wildman–Crippen MR) is 181 cm³/mol. The quantitative estimate of drug-likeness (QED) is 0.203. The van der Waals surface area contributed by atoms with E-state index in [0.29, 0.717) is 44.1 Å². The summed E-state index contributed by atoms with van der Waals surface area (Å²) < 4.78 is 11.9. The van der Waals surface area contributed by atoms with Crippen LogP contribution in [0.25, 0.3) is 32.9 Å². The Balaban J connectivity index is 1.20. The number of aromatic nitrogens is 3. The molecule has 7 rings (SSSR count). The first-order valence-corrected chi connectivity index (χ1v) is 16.2. The lowest BCUT2D eigenvalue weighted by atomic mass is 10.0. The molecule has 0 saturated carbocycles. The maximum atomic E-state index is 13.2. The molecule has 5 aromatic rings. The molecule has 4 heterocycles. The molecule has 238 valence electrons. The van der Waals surface area contributed by atoms with Crippen LogP contribution in [0.15, 0.2) is 85.1 Å². The molecule has 2 aromatic heterocycles. The Morgan fingerprint density at radius 3 is 2.62 bits per heavy atom. The number of pyridine rings is 1. The molecule has 0 N–H and O–H groups in total. The Morgan fingerprint density at radius 2 is 1.79 bits per heavy atom. The number of carbonyl (C=O) groups is 1. The van der Waals surface area contributed by atoms with E-state index in [4.69, 9.17) is 24.4 Å². The van der Waals surface area contributed by atoms with Crippen LogP contribution in [0.2, 0.25) is 0 Å². The zero-order chi connectivity index (χ0) is 32.2. The third-order valence-electron chi connectivity index (χ3n) is 9.23. The number of piperazine rings is 1. The molecule has 2 aliphatic heterocycles. The van der Waals surface area contributed by atoms with E-state index in [1.807, 2.05) is 60.8 Å². The number of nitrogens with zero attached hydrogens (tertiary/aromatic N) is 7. The van der Waals surface area contributed by atoms with Crippen LogP contribution in [0, 0.1) is 11.3 Å². The second-order valence-corrected chi connectivity index (χ2v) is 12.2. The average Bonchev–Trinajstić information content (AvgIpc) is 3.53. The summed E-state index contributed by atoms with van der Waals surface area (Å²) in [5.41, 5.74) is 3.48. The number of amides is 1. The van der Waals surface area contributed by atoms with Crippen molar-refractivity contribution < 1.29 is 14.3 Å². The maximum Gasteiger partial charge on any atom is 0.410 e. The van der Waals surface area contributed by atoms with Crippen LogP contribution in [0.3, 0.4) is 0 Å². The lowest BCUT2D eigenvalue weighted by molar-refractivity contribution is 0.0768. The van der Waals surface area contributed by atoms with Gasteiger partial charge in [-0.25, -0.2) is 4.79 Å². The van der Waals surface area contributed by atoms with Crippen LogP contribution in [-0.2, 0) is 11.3 Å². The number of anilines is 1. The first kappa shape index (κ1) is 30.4. The van der Waals surface area contributed by atoms with Gasteiger partial charge in [0.25, 0.3) is 0 Å². The van der Waals surface area contributed by atoms with E-state index in [0.717, 1.165) is 57.9 Å². The Labute approximate surface area is 274 Å². The first-order chi connectivity index (χ1) is 23.1. The van der Waals surface area contributed by atoms with Gasteiger partial charge in [0.15, 0.2) is 0 Å². The van der Waals surface area contributed by atoms with Crippen LogP contribution < -0.4 is 9.64 Å². The summed E-state index contributed by atoms with van der Waals surface area (Å²) in [6.45, 7) is 3.03. The first-order valence-electron chi connectivity index (χ1n) is 16.2. The largest absolute Gasteiger partial charge is 0.462 e. The van der Waals surface area contributed by atoms with Crippen molar-refractivity contribution in [3.05, 3.63) is 90.6 Å². The number of carbonyl (C=O) groups excluding carboxylic acids is 1. The molecule has 10 heteroatoms. The molecule has 0 spiro atoms. The third-order valence-corrected chi connectivity index (χ3v) is 9.23. The monoisotopic (exact) mass is 627 g/mol. The van der Waals surface area contributed by atoms with E-state index in [1.54, 1.807) is 4.90 Å². The van der Waals surface area contributed by atoms with Gasteiger partial charge in [-0.2, -0.15) is 15.2 Å². The minimum Gasteiger partial charge on any atom is -0.462 e. The van der Waals surface area contributed by atoms with E-state index in [9.17, 15) is 10.1 Å². The Hall–Kier alpha value is -5.27. The van der Waals surface area contributed by atoms with Crippen LogP contribution >= 0.6 is 0 Å². The molecule has 0 unspecified atom stereocenters. The lowest BCUT2D eigenvalue weighted by Crippen LogP contribution is -2.55. The summed E-state index contributed by atoms with van der Waals surface area (Å²) >= 11 is 0. The fourth-order valence-electron chi connectivity index (χ4n) is 6.62. The molecule has 2 atom stereocenters. The highest BCUT2D eigenvalue weighted by molar-refractivity contribution is 5.98. The summed E-state index contributed by atoms with van der Waals surface area (Å²) in [6, 6.07) is 28.6. The van der Waals surface area contributed by atoms with Gasteiger partial charge < -0.3 is 24.2 Å². The second kappa shape index (κ2) is 13.6. The highest BCUT2D eigenvalue weighted by atomic mass is 16.6. The number of fused-ring (bicyclic) bond motifs is 2. The van der Waals surface area contributed by atoms with Crippen molar-refractivity contribution in [2.75, 3.05) is 44.7 Å². The van der Waals surface area contributed by atoms with Crippen molar-refractivity contribution >= 4 is 33.6 Å². The van der Waals surface area contributed by atoms with Gasteiger partial charge in [0.2, 0.25) is 0 Å². The Bertz CT molecular complexity index is 1920. The van der Waals surface area contributed by atoms with Gasteiger partial charge >= 0.3 is 12.1 Å². The smallest absolute Gasteiger partial charge is 0.410 e. The number of likely N-dealkylation sites (tertiary alicyclic amines) is 1. The molecule has 3 aromatic carbocycles. The van der Waals surface area contributed by atoms with Crippen molar-refractivity contribution in [1.29, 1.82) is 5.26 Å². The fraction of sp³-hybridized carbons (Fsp3) is 0.324. The summed E-state index contributed by atoms with van der Waals surface area (Å²) in [6.07, 6.45) is 3.79. The van der Waals surface area contributed by atoms with Crippen LogP contribution in [0.1, 0.15) is 24.8 Å². The van der Waals surface area contributed by atoms with Gasteiger partial charge in [-0.1, -0.05) is 72.8 Å². The van der Waals surface area contributed by atoms with E-state index in [1.165, 1.54) is 0 Å². The van der Waals surface area contributed by atoms with Crippen LogP contribution in [0.5, 0.6) is 6.01 Å². The van der Waals surface area contributed by atoms with Crippen LogP contribution in [0.4, 0.5) is 10.6 Å². The van der Waals surface area contributed by atoms with Crippen LogP contribution in [-0.4, -0.2) is 82.8 Å². The van der Waals surface area contributed by atoms with Gasteiger partial charge in [0.05, 0.1) is 35.1 Å². The fourth-order valence-corrected chi connectivity index (χ4v) is 6.62. The number of rotatable bonds is 8. The van der Waals surface area contributed by atoms with Gasteiger partial charge in [0, 0.05) is 37.4 Å². The highest BCUT2D eigenvalue weighted by Crippen LogP contribution is 2.33. The Kier molecular flexibility index (Phi) is 8.80. The molecular formula is C37H37N7O3. The Morgan fingerprint density at radius 1 is 0.957 bits per heavy atom. The number of benzene rings is 3. The molecule has 2 aliphatic rings. The molecule has 2 saturated heterocycles. The van der Waals surface area contributed by atoms with Crippen molar-refractivity contribution in [1.82, 2.24) is 24.8 Å². The molecule has 47 heavy (non-hydrogen) atoms. The normalized spacial score (nSPS) is 18.4. The molecular weight excluding hydrogens is 590 g/mol. The minimum atomic E-state index is -0.424. The van der Waals surface area contributed by atoms with Gasteiger partial charge in [-0.3, -0.25) is 4.98 Å². The standard InChI is InChI=1S/C37H37N7O3/c1-42-18-8-13-29(42)25-46-36-40-34-21-33(31-15-7-12-27-11-5-6-14-30(27)31)39-22-32(34)35(41-36)43-19-20-44(28(23-43)16-17-38)37(45)47-24-26-9-3-2-4-10-26/h2-7,9-12,14-15,21-22,28-29H,8,13,16,18-20,23-25H2,1H3/t28-,29-/m0/s1. The second-order valence-electron chi connectivity index (χ2n) is 12.2. The number of ether oxygens (including phenoxy) is 2. The molecule has 0 radical (unpaired) electrons. The van der Waals surface area contributed by atoms with Crippen molar-refractivity contribution in [3.8, 4) is 23.3 Å². The molecule has 0 aliphatic carbocycles. The van der Waals surface area contributed by atoms with E-state index >= 15 is 0 Å². The molecule has 0 bridgehead atoms. The van der Waals surface area contributed by atoms with E-state index in [2.05, 4.69) is 47.2 Å². The van der Waals surface area contributed by atoms with Gasteiger partial charge in [0.1, 0.15) is 19.0 Å². The topological polar surface area (TPSA) is 108 Å². The van der Waals surface area contributed by atoms with Crippen molar-refractivity contribution in [2.24, 2.45) is 0 Å². The minimum absolute atomic E-state index is 0.167. The van der Waals surface area contributed by atoms with E-state index < -0.39 is 6.09 Å². The predicted octanol–water partition coefficient (Wildman–Crippen LogP) is 6.06. The van der Waals surface area contributed by atoms with Gasteiger partial charge in [-0.15, -0.1) is 0 Å². The third kappa shape index (κ3) is 6.53. The molecule has 1 amide bonds. The van der Waals surface area contributed by atoms with E-state index in [-0.39, 0.29) is 19.1 Å². The van der Waals surface area contributed by atoms with Crippen molar-refractivity contribution in [2.45, 2.75) is 38.0 Å². The summed E-state index contributed by atoms with van der Waals surface area (Å²) in [7, 11) is 2.12. The number of nitriles is 1. The average molecular weight is 628 g/mol. The number of hydrogen-bond acceptors (Lipinski definition) is 9. The van der Waals surface area contributed by atoms with Crippen molar-refractivity contribution in [3.63, 3.8) is 0 Å². The number of likely N-dealkylation sites (N-methyl/N-ethyl adjacent to an activating group) is 1. The zero-order valence-corrected chi connectivity index (χ0v) is 26.5. The zero-order valence-electron chi connectivity index (χ0n) is 26.5. The molecule has 2 fully saturated rings. The molecule has 10 nitrogen and oxygen atoms in total.